The van der Waals surface area contributed by atoms with E-state index in [1.165, 1.54) is 18.2 Å². The second kappa shape index (κ2) is 7.10. The van der Waals surface area contributed by atoms with Gasteiger partial charge in [0.05, 0.1) is 12.0 Å². The summed E-state index contributed by atoms with van der Waals surface area (Å²) in [5.74, 6) is -1.70. The third-order valence-corrected chi connectivity index (χ3v) is 3.28. The number of esters is 1. The predicted octanol–water partition coefficient (Wildman–Crippen LogP) is 3.82. The van der Waals surface area contributed by atoms with Gasteiger partial charge in [0.15, 0.2) is 0 Å². The Hall–Kier alpha value is -3.61. The number of benzene rings is 2. The number of methoxy groups -OCH3 is 1. The van der Waals surface area contributed by atoms with Crippen molar-refractivity contribution in [1.82, 2.24) is 0 Å². The van der Waals surface area contributed by atoms with Crippen LogP contribution in [0.1, 0.15) is 15.9 Å². The van der Waals surface area contributed by atoms with Gasteiger partial charge in [-0.25, -0.2) is 4.79 Å². The van der Waals surface area contributed by atoms with E-state index >= 15 is 0 Å². The lowest BCUT2D eigenvalue weighted by atomic mass is 9.95. The number of hydrogen-bond acceptors (Lipinski definition) is 6. The standard InChI is InChI=1S/C16H9F3N2O5/c1-25-15(22)11-7-6-9(12(8-20)14(11)21(23)24)10-4-2-3-5-13(10)26-16(17,18)19/h2-7H,1H3. The number of rotatable bonds is 4. The fourth-order valence-corrected chi connectivity index (χ4v) is 2.30. The fraction of sp³-hybridized carbons (Fsp3) is 0.125. The molecule has 0 aliphatic heterocycles. The van der Waals surface area contributed by atoms with Crippen LogP contribution in [-0.2, 0) is 4.74 Å². The lowest BCUT2D eigenvalue weighted by Gasteiger charge is -2.14. The van der Waals surface area contributed by atoms with Crippen molar-refractivity contribution in [3.05, 3.63) is 57.6 Å². The van der Waals surface area contributed by atoms with Crippen molar-refractivity contribution in [2.75, 3.05) is 7.11 Å². The summed E-state index contributed by atoms with van der Waals surface area (Å²) < 4.78 is 46.1. The number of nitro groups is 1. The Morgan fingerprint density at radius 1 is 1.19 bits per heavy atom. The molecule has 26 heavy (non-hydrogen) atoms. The molecule has 0 aromatic heterocycles. The number of carbonyl (C=O) groups excluding carboxylic acids is 1. The van der Waals surface area contributed by atoms with Crippen LogP contribution in [0.25, 0.3) is 11.1 Å². The molecule has 10 heteroatoms. The number of nitro benzene ring substituents is 1. The van der Waals surface area contributed by atoms with E-state index in [0.29, 0.717) is 0 Å². The van der Waals surface area contributed by atoms with Crippen LogP contribution in [0.15, 0.2) is 36.4 Å². The monoisotopic (exact) mass is 366 g/mol. The zero-order valence-electron chi connectivity index (χ0n) is 13.0. The Balaban J connectivity index is 2.77. The number of halogens is 3. The smallest absolute Gasteiger partial charge is 0.465 e. The summed E-state index contributed by atoms with van der Waals surface area (Å²) in [7, 11) is 0.999. The SMILES string of the molecule is COC(=O)c1ccc(-c2ccccc2OC(F)(F)F)c(C#N)c1[N+](=O)[O-]. The van der Waals surface area contributed by atoms with Gasteiger partial charge in [0.2, 0.25) is 0 Å². The molecule has 7 nitrogen and oxygen atoms in total. The predicted molar refractivity (Wildman–Crippen MR) is 81.3 cm³/mol. The first kappa shape index (κ1) is 18.7. The number of nitriles is 1. The largest absolute Gasteiger partial charge is 0.573 e. The summed E-state index contributed by atoms with van der Waals surface area (Å²) in [5, 5.41) is 20.7. The molecule has 2 aromatic rings. The Labute approximate surface area is 144 Å². The molecule has 0 amide bonds. The van der Waals surface area contributed by atoms with Crippen LogP contribution in [-0.4, -0.2) is 24.4 Å². The summed E-state index contributed by atoms with van der Waals surface area (Å²) in [6.07, 6.45) is -5.00. The van der Waals surface area contributed by atoms with Crippen LogP contribution in [0, 0.1) is 21.4 Å². The van der Waals surface area contributed by atoms with Crippen molar-refractivity contribution in [2.45, 2.75) is 6.36 Å². The summed E-state index contributed by atoms with van der Waals surface area (Å²) >= 11 is 0. The van der Waals surface area contributed by atoms with Crippen LogP contribution >= 0.6 is 0 Å². The highest BCUT2D eigenvalue weighted by molar-refractivity contribution is 5.97. The van der Waals surface area contributed by atoms with Crippen LogP contribution < -0.4 is 4.74 Å². The minimum Gasteiger partial charge on any atom is -0.465 e. The number of alkyl halides is 3. The van der Waals surface area contributed by atoms with Crippen LogP contribution in [0.2, 0.25) is 0 Å². The van der Waals surface area contributed by atoms with E-state index in [-0.39, 0.29) is 11.1 Å². The number of hydrogen-bond donors (Lipinski definition) is 0. The molecule has 0 aliphatic carbocycles. The third-order valence-electron chi connectivity index (χ3n) is 3.28. The molecule has 0 fully saturated rings. The number of nitrogens with zero attached hydrogens (tertiary/aromatic N) is 2. The van der Waals surface area contributed by atoms with Crippen LogP contribution in [0.5, 0.6) is 5.75 Å². The van der Waals surface area contributed by atoms with Crippen molar-refractivity contribution < 1.29 is 32.4 Å². The first-order chi connectivity index (χ1) is 12.2. The molecule has 134 valence electrons. The second-order valence-corrected chi connectivity index (χ2v) is 4.79. The minimum atomic E-state index is -5.00. The Morgan fingerprint density at radius 2 is 1.85 bits per heavy atom. The molecule has 0 aliphatic rings. The summed E-state index contributed by atoms with van der Waals surface area (Å²) in [5.41, 5.74) is -2.32. The molecule has 0 bridgehead atoms. The van der Waals surface area contributed by atoms with Crippen molar-refractivity contribution in [3.63, 3.8) is 0 Å². The summed E-state index contributed by atoms with van der Waals surface area (Å²) in [6.45, 7) is 0. The van der Waals surface area contributed by atoms with E-state index in [0.717, 1.165) is 25.3 Å². The molecule has 0 unspecified atom stereocenters. The molecule has 0 atom stereocenters. The first-order valence-corrected chi connectivity index (χ1v) is 6.84. The molecule has 2 rings (SSSR count). The van der Waals surface area contributed by atoms with Gasteiger partial charge >= 0.3 is 18.0 Å². The van der Waals surface area contributed by atoms with E-state index in [1.807, 2.05) is 0 Å². The minimum absolute atomic E-state index is 0.188. The van der Waals surface area contributed by atoms with Crippen molar-refractivity contribution in [3.8, 4) is 22.9 Å². The van der Waals surface area contributed by atoms with Gasteiger partial charge in [-0.1, -0.05) is 24.3 Å². The van der Waals surface area contributed by atoms with Gasteiger partial charge in [0, 0.05) is 11.1 Å². The highest BCUT2D eigenvalue weighted by Crippen LogP contribution is 2.39. The lowest BCUT2D eigenvalue weighted by Crippen LogP contribution is -2.17. The maximum atomic E-state index is 12.6. The van der Waals surface area contributed by atoms with Gasteiger partial charge < -0.3 is 9.47 Å². The highest BCUT2D eigenvalue weighted by atomic mass is 19.4. The second-order valence-electron chi connectivity index (χ2n) is 4.79. The van der Waals surface area contributed by atoms with Crippen LogP contribution in [0.4, 0.5) is 18.9 Å². The van der Waals surface area contributed by atoms with Crippen molar-refractivity contribution in [2.24, 2.45) is 0 Å². The Kier molecular flexibility index (Phi) is 5.11. The molecular formula is C16H9F3N2O5. The summed E-state index contributed by atoms with van der Waals surface area (Å²) in [4.78, 5) is 22.1. The van der Waals surface area contributed by atoms with Crippen LogP contribution in [0.3, 0.4) is 0 Å². The molecule has 0 saturated carbocycles. The lowest BCUT2D eigenvalue weighted by molar-refractivity contribution is -0.385. The maximum Gasteiger partial charge on any atom is 0.573 e. The molecule has 2 aromatic carbocycles. The van der Waals surface area contributed by atoms with E-state index in [2.05, 4.69) is 9.47 Å². The fourth-order valence-electron chi connectivity index (χ4n) is 2.30. The molecular weight excluding hydrogens is 357 g/mol. The Morgan fingerprint density at radius 3 is 2.38 bits per heavy atom. The first-order valence-electron chi connectivity index (χ1n) is 6.84. The van der Waals surface area contributed by atoms with Gasteiger partial charge in [0.25, 0.3) is 0 Å². The third kappa shape index (κ3) is 3.72. The van der Waals surface area contributed by atoms with E-state index < -0.39 is 39.8 Å². The molecule has 0 radical (unpaired) electrons. The highest BCUT2D eigenvalue weighted by Gasteiger charge is 2.34. The van der Waals surface area contributed by atoms with Gasteiger partial charge in [-0.3, -0.25) is 10.1 Å². The Bertz CT molecular complexity index is 919. The van der Waals surface area contributed by atoms with Crippen molar-refractivity contribution >= 4 is 11.7 Å². The van der Waals surface area contributed by atoms with Gasteiger partial charge in [-0.2, -0.15) is 5.26 Å². The van der Waals surface area contributed by atoms with Crippen molar-refractivity contribution in [1.29, 1.82) is 5.26 Å². The zero-order chi connectivity index (χ0) is 19.5. The average Bonchev–Trinajstić information content (AvgIpc) is 2.58. The van der Waals surface area contributed by atoms with Gasteiger partial charge in [-0.15, -0.1) is 13.2 Å². The summed E-state index contributed by atoms with van der Waals surface area (Å²) in [6, 6.07) is 8.55. The normalized spacial score (nSPS) is 10.7. The zero-order valence-corrected chi connectivity index (χ0v) is 13.0. The molecule has 0 spiro atoms. The van der Waals surface area contributed by atoms with Gasteiger partial charge in [-0.05, 0) is 12.1 Å². The number of ether oxygens (including phenoxy) is 2. The molecule has 0 heterocycles. The maximum absolute atomic E-state index is 12.6. The topological polar surface area (TPSA) is 102 Å². The molecule has 0 saturated heterocycles. The average molecular weight is 366 g/mol. The quantitative estimate of drug-likeness (QED) is 0.463. The van der Waals surface area contributed by atoms with Gasteiger partial charge in [0.1, 0.15) is 22.9 Å². The number of para-hydroxylation sites is 1. The van der Waals surface area contributed by atoms with E-state index in [4.69, 9.17) is 0 Å². The van der Waals surface area contributed by atoms with E-state index in [9.17, 15) is 33.3 Å². The molecule has 0 N–H and O–H groups in total. The number of carbonyl (C=O) groups is 1. The van der Waals surface area contributed by atoms with E-state index in [1.54, 1.807) is 6.07 Å².